The van der Waals surface area contributed by atoms with Gasteiger partial charge in [0, 0.05) is 12.5 Å². The van der Waals surface area contributed by atoms with Gasteiger partial charge >= 0.3 is 0 Å². The number of aryl methyl sites for hydroxylation is 1. The molecule has 1 unspecified atom stereocenters. The van der Waals surface area contributed by atoms with Gasteiger partial charge in [0.1, 0.15) is 12.4 Å². The number of benzene rings is 2. The lowest BCUT2D eigenvalue weighted by atomic mass is 10.0. The van der Waals surface area contributed by atoms with Crippen LogP contribution >= 0.6 is 0 Å². The zero-order chi connectivity index (χ0) is 19.2. The van der Waals surface area contributed by atoms with Crippen LogP contribution in [0.1, 0.15) is 22.0 Å². The number of halogens is 1. The molecule has 0 radical (unpaired) electrons. The summed E-state index contributed by atoms with van der Waals surface area (Å²) in [5, 5.41) is 2.59. The minimum atomic E-state index is -1.15. The molecule has 138 valence electrons. The van der Waals surface area contributed by atoms with Gasteiger partial charge < -0.3 is 9.73 Å². The molecule has 0 aliphatic rings. The smallest absolute Gasteiger partial charge is 0.289 e. The summed E-state index contributed by atoms with van der Waals surface area (Å²) in [6, 6.07) is 17.3. The predicted octanol–water partition coefficient (Wildman–Crippen LogP) is 3.53. The molecule has 0 fully saturated rings. The lowest BCUT2D eigenvalue weighted by molar-refractivity contribution is -0.121. The monoisotopic (exact) mass is 366 g/mol. The van der Waals surface area contributed by atoms with E-state index in [0.29, 0.717) is 11.6 Å². The van der Waals surface area contributed by atoms with Crippen molar-refractivity contribution in [1.29, 1.82) is 0 Å². The maximum Gasteiger partial charge on any atom is 0.289 e. The molecule has 1 heterocycles. The van der Waals surface area contributed by atoms with Crippen LogP contribution in [-0.4, -0.2) is 29.4 Å². The second-order valence-electron chi connectivity index (χ2n) is 6.09. The Morgan fingerprint density at radius 2 is 1.70 bits per heavy atom. The Balaban J connectivity index is 1.85. The largest absolute Gasteiger partial charge is 0.435 e. The van der Waals surface area contributed by atoms with Gasteiger partial charge in [0.25, 0.3) is 5.91 Å². The molecule has 0 saturated carbocycles. The summed E-state index contributed by atoms with van der Waals surface area (Å²) in [5.41, 5.74) is 1.93. The van der Waals surface area contributed by atoms with Crippen LogP contribution < -0.4 is 5.32 Å². The molecule has 1 amide bonds. The van der Waals surface area contributed by atoms with Crippen molar-refractivity contribution in [3.05, 3.63) is 77.9 Å². The Morgan fingerprint density at radius 3 is 2.33 bits per heavy atom. The molecule has 5 nitrogen and oxygen atoms in total. The van der Waals surface area contributed by atoms with E-state index >= 15 is 0 Å². The first kappa shape index (κ1) is 18.5. The van der Waals surface area contributed by atoms with Gasteiger partial charge in [-0.25, -0.2) is 9.37 Å². The van der Waals surface area contributed by atoms with Crippen molar-refractivity contribution >= 4 is 11.7 Å². The molecule has 3 aromatic rings. The average molecular weight is 366 g/mol. The summed E-state index contributed by atoms with van der Waals surface area (Å²) in [4.78, 5) is 29.0. The molecular formula is C21H19FN2O3. The summed E-state index contributed by atoms with van der Waals surface area (Å²) in [5.74, 6) is -0.958. The van der Waals surface area contributed by atoms with Crippen LogP contribution in [0.25, 0.3) is 11.3 Å². The number of nitrogens with one attached hydrogen (secondary N) is 1. The second kappa shape index (κ2) is 8.40. The highest BCUT2D eigenvalue weighted by molar-refractivity contribution is 6.00. The normalized spacial score (nSPS) is 11.8. The number of rotatable bonds is 7. The summed E-state index contributed by atoms with van der Waals surface area (Å²) in [6.45, 7) is 0.482. The summed E-state index contributed by atoms with van der Waals surface area (Å²) < 4.78 is 18.5. The number of oxazole rings is 1. The molecule has 27 heavy (non-hydrogen) atoms. The molecule has 0 bridgehead atoms. The predicted molar refractivity (Wildman–Crippen MR) is 99.1 cm³/mol. The molecule has 1 N–H and O–H groups in total. The van der Waals surface area contributed by atoms with Crippen molar-refractivity contribution in [1.82, 2.24) is 10.3 Å². The highest BCUT2D eigenvalue weighted by atomic mass is 19.1. The van der Waals surface area contributed by atoms with Crippen molar-refractivity contribution in [3.8, 4) is 11.3 Å². The first-order valence-electron chi connectivity index (χ1n) is 8.55. The summed E-state index contributed by atoms with van der Waals surface area (Å²) in [7, 11) is 0. The number of carbonyl (C=O) groups excluding carboxylic acids is 2. The van der Waals surface area contributed by atoms with Crippen molar-refractivity contribution in [3.63, 3.8) is 0 Å². The van der Waals surface area contributed by atoms with Gasteiger partial charge in [0.05, 0.1) is 6.04 Å². The van der Waals surface area contributed by atoms with E-state index in [1.165, 1.54) is 0 Å². The quantitative estimate of drug-likeness (QED) is 0.694. The van der Waals surface area contributed by atoms with E-state index in [2.05, 4.69) is 10.3 Å². The van der Waals surface area contributed by atoms with Crippen LogP contribution in [0.15, 0.2) is 65.1 Å². The van der Waals surface area contributed by atoms with E-state index in [4.69, 9.17) is 4.42 Å². The number of amides is 1. The topological polar surface area (TPSA) is 72.2 Å². The maximum atomic E-state index is 13.0. The number of Topliss-reactive ketones (excluding diaryl/α,β-unsaturated/α-hetero) is 1. The van der Waals surface area contributed by atoms with Gasteiger partial charge in [0.15, 0.2) is 11.7 Å². The van der Waals surface area contributed by atoms with E-state index < -0.39 is 24.4 Å². The van der Waals surface area contributed by atoms with E-state index in [1.54, 1.807) is 6.92 Å². The molecule has 3 rings (SSSR count). The molecular weight excluding hydrogens is 347 g/mol. The van der Waals surface area contributed by atoms with Gasteiger partial charge in [0.2, 0.25) is 5.76 Å². The van der Waals surface area contributed by atoms with Crippen LogP contribution in [0.5, 0.6) is 0 Å². The Labute approximate surface area is 156 Å². The molecule has 0 saturated heterocycles. The molecule has 0 aliphatic carbocycles. The summed E-state index contributed by atoms with van der Waals surface area (Å²) in [6.07, 6.45) is 0.198. The summed E-state index contributed by atoms with van der Waals surface area (Å²) >= 11 is 0. The Morgan fingerprint density at radius 1 is 1.07 bits per heavy atom. The number of aromatic nitrogens is 1. The second-order valence-corrected chi connectivity index (χ2v) is 6.09. The lowest BCUT2D eigenvalue weighted by Gasteiger charge is -2.16. The Hall–Kier alpha value is -3.28. The van der Waals surface area contributed by atoms with Crippen molar-refractivity contribution in [2.24, 2.45) is 0 Å². The van der Waals surface area contributed by atoms with E-state index in [-0.39, 0.29) is 12.2 Å². The van der Waals surface area contributed by atoms with E-state index in [1.807, 2.05) is 60.7 Å². The van der Waals surface area contributed by atoms with Gasteiger partial charge in [-0.15, -0.1) is 0 Å². The third kappa shape index (κ3) is 4.47. The molecule has 6 heteroatoms. The third-order valence-electron chi connectivity index (χ3n) is 4.10. The fourth-order valence-electron chi connectivity index (χ4n) is 2.78. The fraction of sp³-hybridized carbons (Fsp3) is 0.190. The Bertz CT molecular complexity index is 923. The number of nitrogens with zero attached hydrogens (tertiary/aromatic N) is 1. The van der Waals surface area contributed by atoms with Crippen molar-refractivity contribution in [2.45, 2.75) is 19.4 Å². The van der Waals surface area contributed by atoms with Crippen molar-refractivity contribution < 1.29 is 18.4 Å². The zero-order valence-electron chi connectivity index (χ0n) is 14.8. The van der Waals surface area contributed by atoms with Crippen LogP contribution in [0.2, 0.25) is 0 Å². The lowest BCUT2D eigenvalue weighted by Crippen LogP contribution is -2.43. The van der Waals surface area contributed by atoms with Crippen LogP contribution in [0, 0.1) is 6.92 Å². The van der Waals surface area contributed by atoms with E-state index in [0.717, 1.165) is 11.1 Å². The first-order chi connectivity index (χ1) is 13.1. The number of carbonyl (C=O) groups is 2. The van der Waals surface area contributed by atoms with Gasteiger partial charge in [-0.3, -0.25) is 9.59 Å². The standard InChI is InChI=1S/C21H19FN2O3/c1-14-23-19(16-10-6-3-7-11-16)20(27-14)21(26)24-17(18(25)13-22)12-15-8-4-2-5-9-15/h2-11,17H,12-13H2,1H3,(H,24,26). The SMILES string of the molecule is Cc1nc(-c2ccccc2)c(C(=O)NC(Cc2ccccc2)C(=O)CF)o1. The minimum absolute atomic E-state index is 0.00317. The molecule has 0 aliphatic heterocycles. The van der Waals surface area contributed by atoms with E-state index in [9.17, 15) is 14.0 Å². The Kier molecular flexibility index (Phi) is 5.76. The number of ketones is 1. The molecule has 0 spiro atoms. The van der Waals surface area contributed by atoms with Crippen molar-refractivity contribution in [2.75, 3.05) is 6.67 Å². The molecule has 2 aromatic carbocycles. The highest BCUT2D eigenvalue weighted by Crippen LogP contribution is 2.24. The number of alkyl halides is 1. The van der Waals surface area contributed by atoms with Crippen LogP contribution in [-0.2, 0) is 11.2 Å². The minimum Gasteiger partial charge on any atom is -0.435 e. The number of hydrogen-bond acceptors (Lipinski definition) is 4. The zero-order valence-corrected chi connectivity index (χ0v) is 14.8. The van der Waals surface area contributed by atoms with Gasteiger partial charge in [-0.05, 0) is 12.0 Å². The van der Waals surface area contributed by atoms with Crippen LogP contribution in [0.3, 0.4) is 0 Å². The number of hydrogen-bond donors (Lipinski definition) is 1. The first-order valence-corrected chi connectivity index (χ1v) is 8.55. The van der Waals surface area contributed by atoms with Crippen LogP contribution in [0.4, 0.5) is 4.39 Å². The maximum absolute atomic E-state index is 13.0. The van der Waals surface area contributed by atoms with Gasteiger partial charge in [-0.2, -0.15) is 0 Å². The average Bonchev–Trinajstić information content (AvgIpc) is 3.10. The highest BCUT2D eigenvalue weighted by Gasteiger charge is 2.26. The fourth-order valence-corrected chi connectivity index (χ4v) is 2.78. The van der Waals surface area contributed by atoms with Gasteiger partial charge in [-0.1, -0.05) is 60.7 Å². The molecule has 1 atom stereocenters. The third-order valence-corrected chi connectivity index (χ3v) is 4.10. The molecule has 1 aromatic heterocycles.